The Labute approximate surface area is 138 Å². The molecule has 0 aliphatic heterocycles. The van der Waals surface area contributed by atoms with Gasteiger partial charge in [-0.05, 0) is 23.8 Å². The third kappa shape index (κ3) is 3.73. The Morgan fingerprint density at radius 2 is 2.04 bits per heavy atom. The van der Waals surface area contributed by atoms with Crippen molar-refractivity contribution >= 4 is 27.4 Å². The van der Waals surface area contributed by atoms with Gasteiger partial charge in [0.05, 0.1) is 16.2 Å². The molecule has 0 saturated heterocycles. The first-order chi connectivity index (χ1) is 10.8. The minimum atomic E-state index is -3.45. The number of carbonyl (C=O) groups is 1. The minimum absolute atomic E-state index is 0.0670. The van der Waals surface area contributed by atoms with Gasteiger partial charge in [-0.25, -0.2) is 8.42 Å². The number of benzene rings is 1. The summed E-state index contributed by atoms with van der Waals surface area (Å²) in [6.45, 7) is 1.23. The molecule has 23 heavy (non-hydrogen) atoms. The minimum Gasteiger partial charge on any atom is -0.480 e. The molecule has 120 valence electrons. The molecule has 0 amide bonds. The number of sulfone groups is 1. The van der Waals surface area contributed by atoms with Crippen LogP contribution >= 0.6 is 11.6 Å². The first kappa shape index (κ1) is 17.1. The van der Waals surface area contributed by atoms with Gasteiger partial charge in [-0.1, -0.05) is 18.5 Å². The molecule has 0 aliphatic rings. The van der Waals surface area contributed by atoms with Crippen molar-refractivity contribution in [2.45, 2.75) is 18.4 Å². The zero-order valence-corrected chi connectivity index (χ0v) is 13.7. The molecule has 0 unspecified atom stereocenters. The lowest BCUT2D eigenvalue weighted by Gasteiger charge is -2.06. The number of aliphatic carboxylic acids is 1. The van der Waals surface area contributed by atoms with Gasteiger partial charge in [-0.15, -0.1) is 0 Å². The predicted octanol–water partition coefficient (Wildman–Crippen LogP) is 2.56. The monoisotopic (exact) mass is 352 g/mol. The van der Waals surface area contributed by atoms with E-state index in [1.54, 1.807) is 0 Å². The quantitative estimate of drug-likeness (QED) is 0.891. The Morgan fingerprint density at radius 3 is 2.61 bits per heavy atom. The number of carboxylic acid groups (broad SMARTS) is 1. The Morgan fingerprint density at radius 1 is 1.35 bits per heavy atom. The molecule has 0 aliphatic carbocycles. The summed E-state index contributed by atoms with van der Waals surface area (Å²) in [7, 11) is -3.45. The van der Waals surface area contributed by atoms with Gasteiger partial charge < -0.3 is 9.67 Å². The van der Waals surface area contributed by atoms with E-state index < -0.39 is 15.8 Å². The second kappa shape index (κ2) is 6.44. The van der Waals surface area contributed by atoms with E-state index in [4.69, 9.17) is 16.7 Å². The van der Waals surface area contributed by atoms with Crippen molar-refractivity contribution in [3.8, 4) is 17.2 Å². The first-order valence-electron chi connectivity index (χ1n) is 6.62. The van der Waals surface area contributed by atoms with Crippen LogP contribution in [0, 0.1) is 11.3 Å². The van der Waals surface area contributed by atoms with Crippen molar-refractivity contribution in [3.63, 3.8) is 0 Å². The van der Waals surface area contributed by atoms with E-state index in [-0.39, 0.29) is 27.8 Å². The van der Waals surface area contributed by atoms with Crippen LogP contribution < -0.4 is 0 Å². The third-order valence-electron chi connectivity index (χ3n) is 3.24. The molecule has 0 atom stereocenters. The molecule has 0 fully saturated rings. The van der Waals surface area contributed by atoms with E-state index in [0.29, 0.717) is 11.1 Å². The normalized spacial score (nSPS) is 11.2. The summed E-state index contributed by atoms with van der Waals surface area (Å²) in [4.78, 5) is 10.9. The second-order valence-corrected chi connectivity index (χ2v) is 7.56. The van der Waals surface area contributed by atoms with E-state index in [1.165, 1.54) is 42.1 Å². The zero-order valence-electron chi connectivity index (χ0n) is 12.2. The molecule has 1 heterocycles. The second-order valence-electron chi connectivity index (χ2n) is 4.84. The van der Waals surface area contributed by atoms with E-state index in [9.17, 15) is 18.5 Å². The van der Waals surface area contributed by atoms with Crippen LogP contribution in [0.2, 0.25) is 5.02 Å². The summed E-state index contributed by atoms with van der Waals surface area (Å²) >= 11 is 6.00. The number of halogens is 1. The fourth-order valence-corrected chi connectivity index (χ4v) is 3.39. The average Bonchev–Trinajstić information content (AvgIpc) is 2.88. The Balaban J connectivity index is 2.61. The van der Waals surface area contributed by atoms with Crippen LogP contribution in [0.5, 0.6) is 0 Å². The largest absolute Gasteiger partial charge is 0.480 e. The molecule has 2 aromatic rings. The smallest absolute Gasteiger partial charge is 0.323 e. The average molecular weight is 353 g/mol. The maximum Gasteiger partial charge on any atom is 0.323 e. The lowest BCUT2D eigenvalue weighted by Crippen LogP contribution is -2.06. The summed E-state index contributed by atoms with van der Waals surface area (Å²) in [5.74, 6) is -1.12. The molecule has 0 saturated carbocycles. The number of nitrogens with zero attached hydrogens (tertiary/aromatic N) is 2. The summed E-state index contributed by atoms with van der Waals surface area (Å²) in [6.07, 6.45) is 2.89. The predicted molar refractivity (Wildman–Crippen MR) is 85.0 cm³/mol. The molecule has 2 rings (SSSR count). The Bertz CT molecular complexity index is 910. The van der Waals surface area contributed by atoms with Crippen molar-refractivity contribution in [2.24, 2.45) is 0 Å². The Hall–Kier alpha value is -2.30. The molecule has 0 spiro atoms. The van der Waals surface area contributed by atoms with E-state index in [0.717, 1.165) is 0 Å². The standard InChI is InChI=1S/C15H13ClN2O4S/c1-2-23(21,22)13-4-10(3-12(16)5-13)14-8-18(9-15(19)20)7-11(14)6-17/h3-5,7-8H,2,9H2,1H3,(H,19,20). The van der Waals surface area contributed by atoms with Gasteiger partial charge in [-0.2, -0.15) is 5.26 Å². The molecule has 6 nitrogen and oxygen atoms in total. The van der Waals surface area contributed by atoms with E-state index >= 15 is 0 Å². The molecule has 0 radical (unpaired) electrons. The highest BCUT2D eigenvalue weighted by molar-refractivity contribution is 7.91. The lowest BCUT2D eigenvalue weighted by atomic mass is 10.1. The van der Waals surface area contributed by atoms with Gasteiger partial charge in [0.2, 0.25) is 0 Å². The Kier molecular flexibility index (Phi) is 4.78. The molecular weight excluding hydrogens is 340 g/mol. The lowest BCUT2D eigenvalue weighted by molar-refractivity contribution is -0.137. The SMILES string of the molecule is CCS(=O)(=O)c1cc(Cl)cc(-c2cn(CC(=O)O)cc2C#N)c1. The van der Waals surface area contributed by atoms with Crippen LogP contribution in [0.15, 0.2) is 35.5 Å². The maximum absolute atomic E-state index is 12.0. The van der Waals surface area contributed by atoms with E-state index in [1.807, 2.05) is 6.07 Å². The highest BCUT2D eigenvalue weighted by atomic mass is 35.5. The van der Waals surface area contributed by atoms with Gasteiger partial charge in [0.15, 0.2) is 9.84 Å². The van der Waals surface area contributed by atoms with Crippen LogP contribution in [0.4, 0.5) is 0 Å². The van der Waals surface area contributed by atoms with Crippen molar-refractivity contribution in [1.29, 1.82) is 5.26 Å². The van der Waals surface area contributed by atoms with Gasteiger partial charge >= 0.3 is 5.97 Å². The van der Waals surface area contributed by atoms with Crippen molar-refractivity contribution in [2.75, 3.05) is 5.75 Å². The molecule has 1 N–H and O–H groups in total. The van der Waals surface area contributed by atoms with Crippen LogP contribution in [-0.4, -0.2) is 29.8 Å². The fraction of sp³-hybridized carbons (Fsp3) is 0.200. The van der Waals surface area contributed by atoms with E-state index in [2.05, 4.69) is 0 Å². The molecule has 8 heteroatoms. The van der Waals surface area contributed by atoms with Crippen LogP contribution in [0.1, 0.15) is 12.5 Å². The number of hydrogen-bond donors (Lipinski definition) is 1. The van der Waals surface area contributed by atoms with Gasteiger partial charge in [0.25, 0.3) is 0 Å². The molecule has 1 aromatic heterocycles. The summed E-state index contributed by atoms with van der Waals surface area (Å²) < 4.78 is 25.4. The number of nitriles is 1. The topological polar surface area (TPSA) is 100 Å². The van der Waals surface area contributed by atoms with Gasteiger partial charge in [0.1, 0.15) is 12.6 Å². The molecular formula is C15H13ClN2O4S. The summed E-state index contributed by atoms with van der Waals surface area (Å²) in [5.41, 5.74) is 1.13. The van der Waals surface area contributed by atoms with Gasteiger partial charge in [0, 0.05) is 23.0 Å². The van der Waals surface area contributed by atoms with Crippen molar-refractivity contribution < 1.29 is 18.3 Å². The highest BCUT2D eigenvalue weighted by Gasteiger charge is 2.17. The summed E-state index contributed by atoms with van der Waals surface area (Å²) in [6, 6.07) is 6.30. The number of hydrogen-bond acceptors (Lipinski definition) is 4. The molecule has 1 aromatic carbocycles. The first-order valence-corrected chi connectivity index (χ1v) is 8.65. The maximum atomic E-state index is 12.0. The van der Waals surface area contributed by atoms with Crippen LogP contribution in [0.25, 0.3) is 11.1 Å². The van der Waals surface area contributed by atoms with Crippen molar-refractivity contribution in [3.05, 3.63) is 41.2 Å². The number of carboxylic acids is 1. The third-order valence-corrected chi connectivity index (χ3v) is 5.17. The van der Waals surface area contributed by atoms with Crippen molar-refractivity contribution in [1.82, 2.24) is 4.57 Å². The fourth-order valence-electron chi connectivity index (χ4n) is 2.14. The summed E-state index contributed by atoms with van der Waals surface area (Å²) in [5, 5.41) is 18.3. The molecule has 0 bridgehead atoms. The van der Waals surface area contributed by atoms with Gasteiger partial charge in [-0.3, -0.25) is 4.79 Å². The number of rotatable bonds is 5. The van der Waals surface area contributed by atoms with Crippen LogP contribution in [0.3, 0.4) is 0 Å². The highest BCUT2D eigenvalue weighted by Crippen LogP contribution is 2.30. The zero-order chi connectivity index (χ0) is 17.2. The number of aromatic nitrogens is 1. The van der Waals surface area contributed by atoms with Crippen LogP contribution in [-0.2, 0) is 21.2 Å².